The van der Waals surface area contributed by atoms with E-state index in [0.717, 1.165) is 6.07 Å². The highest BCUT2D eigenvalue weighted by molar-refractivity contribution is 5.94. The molecule has 0 spiro atoms. The Morgan fingerprint density at radius 2 is 2.25 bits per heavy atom. The van der Waals surface area contributed by atoms with E-state index in [-0.39, 0.29) is 12.1 Å². The zero-order valence-corrected chi connectivity index (χ0v) is 8.54. The molecule has 0 aromatic heterocycles. The Morgan fingerprint density at radius 3 is 2.88 bits per heavy atom. The topological polar surface area (TPSA) is 55.1 Å². The minimum atomic E-state index is -1.10. The maximum Gasteiger partial charge on any atom is 0.241 e. The highest BCUT2D eigenvalue weighted by Crippen LogP contribution is 2.16. The average molecular weight is 226 g/mol. The Morgan fingerprint density at radius 1 is 1.56 bits per heavy atom. The lowest BCUT2D eigenvalue weighted by molar-refractivity contribution is -0.117. The SMILES string of the molecule is C=CCC(N)C(=O)Nc1cccc(F)c1F. The first-order chi connectivity index (χ1) is 7.56. The fraction of sp³-hybridized carbons (Fsp3) is 0.182. The van der Waals surface area contributed by atoms with E-state index in [1.54, 1.807) is 0 Å². The summed E-state index contributed by atoms with van der Waals surface area (Å²) in [5.41, 5.74) is 5.25. The quantitative estimate of drug-likeness (QED) is 0.769. The molecule has 1 aromatic carbocycles. The van der Waals surface area contributed by atoms with Gasteiger partial charge in [0.1, 0.15) is 0 Å². The van der Waals surface area contributed by atoms with Crippen molar-refractivity contribution < 1.29 is 13.6 Å². The summed E-state index contributed by atoms with van der Waals surface area (Å²) in [5, 5.41) is 2.21. The molecule has 1 unspecified atom stereocenters. The summed E-state index contributed by atoms with van der Waals surface area (Å²) in [7, 11) is 0. The van der Waals surface area contributed by atoms with Crippen LogP contribution in [0.5, 0.6) is 0 Å². The van der Waals surface area contributed by atoms with Gasteiger partial charge in [0.2, 0.25) is 5.91 Å². The van der Waals surface area contributed by atoms with Crippen molar-refractivity contribution >= 4 is 11.6 Å². The van der Waals surface area contributed by atoms with Crippen LogP contribution in [0, 0.1) is 11.6 Å². The highest BCUT2D eigenvalue weighted by Gasteiger charge is 2.15. The molecule has 86 valence electrons. The number of carbonyl (C=O) groups excluding carboxylic acids is 1. The van der Waals surface area contributed by atoms with E-state index in [2.05, 4.69) is 11.9 Å². The predicted octanol–water partition coefficient (Wildman–Crippen LogP) is 1.81. The summed E-state index contributed by atoms with van der Waals surface area (Å²) < 4.78 is 26.0. The van der Waals surface area contributed by atoms with Crippen molar-refractivity contribution in [1.82, 2.24) is 0 Å². The van der Waals surface area contributed by atoms with Crippen molar-refractivity contribution in [2.45, 2.75) is 12.5 Å². The zero-order valence-electron chi connectivity index (χ0n) is 8.54. The molecule has 3 N–H and O–H groups in total. The Hall–Kier alpha value is -1.75. The van der Waals surface area contributed by atoms with Crippen LogP contribution in [0.25, 0.3) is 0 Å². The molecule has 1 atom stereocenters. The van der Waals surface area contributed by atoms with Gasteiger partial charge in [0.15, 0.2) is 11.6 Å². The summed E-state index contributed by atoms with van der Waals surface area (Å²) in [6.45, 7) is 3.43. The first kappa shape index (κ1) is 12.3. The summed E-state index contributed by atoms with van der Waals surface area (Å²) in [4.78, 5) is 11.4. The molecular formula is C11H12F2N2O. The van der Waals surface area contributed by atoms with E-state index in [9.17, 15) is 13.6 Å². The third-order valence-electron chi connectivity index (χ3n) is 1.97. The van der Waals surface area contributed by atoms with E-state index < -0.39 is 23.6 Å². The molecule has 0 aliphatic heterocycles. The second-order valence-corrected chi connectivity index (χ2v) is 3.22. The van der Waals surface area contributed by atoms with E-state index in [1.165, 1.54) is 18.2 Å². The lowest BCUT2D eigenvalue weighted by Crippen LogP contribution is -2.35. The number of benzene rings is 1. The third kappa shape index (κ3) is 2.87. The van der Waals surface area contributed by atoms with Gasteiger partial charge in [-0.05, 0) is 18.6 Å². The fourth-order valence-electron chi connectivity index (χ4n) is 1.11. The van der Waals surface area contributed by atoms with Gasteiger partial charge in [-0.15, -0.1) is 6.58 Å². The number of halogens is 2. The molecule has 5 heteroatoms. The number of nitrogens with two attached hydrogens (primary N) is 1. The minimum Gasteiger partial charge on any atom is -0.322 e. The van der Waals surface area contributed by atoms with Crippen molar-refractivity contribution in [3.63, 3.8) is 0 Å². The number of anilines is 1. The summed E-state index contributed by atoms with van der Waals surface area (Å²) in [6.07, 6.45) is 1.74. The van der Waals surface area contributed by atoms with Crippen molar-refractivity contribution in [2.24, 2.45) is 5.73 Å². The number of nitrogens with one attached hydrogen (secondary N) is 1. The Labute approximate surface area is 91.9 Å². The second-order valence-electron chi connectivity index (χ2n) is 3.22. The van der Waals surface area contributed by atoms with Crippen LogP contribution in [0.2, 0.25) is 0 Å². The molecule has 1 amide bonds. The van der Waals surface area contributed by atoms with Crippen LogP contribution >= 0.6 is 0 Å². The smallest absolute Gasteiger partial charge is 0.241 e. The lowest BCUT2D eigenvalue weighted by Gasteiger charge is -2.10. The molecule has 1 aromatic rings. The number of amides is 1. The number of rotatable bonds is 4. The Kier molecular flexibility index (Phi) is 4.13. The van der Waals surface area contributed by atoms with Crippen LogP contribution < -0.4 is 11.1 Å². The molecule has 0 heterocycles. The standard InChI is InChI=1S/C11H12F2N2O/c1-2-4-8(14)11(16)15-9-6-3-5-7(12)10(9)13/h2-3,5-6,8H,1,4,14H2,(H,15,16). The van der Waals surface area contributed by atoms with E-state index in [0.29, 0.717) is 0 Å². The monoisotopic (exact) mass is 226 g/mol. The average Bonchev–Trinajstić information content (AvgIpc) is 2.25. The van der Waals surface area contributed by atoms with E-state index in [1.807, 2.05) is 0 Å². The van der Waals surface area contributed by atoms with Gasteiger partial charge in [0.25, 0.3) is 0 Å². The van der Waals surface area contributed by atoms with Crippen molar-refractivity contribution in [1.29, 1.82) is 0 Å². The molecule has 0 saturated carbocycles. The first-order valence-electron chi connectivity index (χ1n) is 4.67. The molecule has 0 aliphatic rings. The van der Waals surface area contributed by atoms with Crippen molar-refractivity contribution in [3.8, 4) is 0 Å². The third-order valence-corrected chi connectivity index (χ3v) is 1.97. The molecule has 0 radical (unpaired) electrons. The van der Waals surface area contributed by atoms with Crippen LogP contribution in [0.4, 0.5) is 14.5 Å². The Balaban J connectivity index is 2.77. The number of hydrogen-bond acceptors (Lipinski definition) is 2. The minimum absolute atomic E-state index is 0.218. The van der Waals surface area contributed by atoms with Gasteiger partial charge >= 0.3 is 0 Å². The van der Waals surface area contributed by atoms with E-state index >= 15 is 0 Å². The van der Waals surface area contributed by atoms with Crippen LogP contribution in [0.15, 0.2) is 30.9 Å². The normalized spacial score (nSPS) is 11.9. The van der Waals surface area contributed by atoms with Crippen molar-refractivity contribution in [3.05, 3.63) is 42.5 Å². The molecule has 0 fully saturated rings. The summed E-state index contributed by atoms with van der Waals surface area (Å²) in [6, 6.07) is 2.71. The Bertz CT molecular complexity index is 407. The lowest BCUT2D eigenvalue weighted by atomic mass is 10.2. The molecule has 16 heavy (non-hydrogen) atoms. The largest absolute Gasteiger partial charge is 0.322 e. The molecular weight excluding hydrogens is 214 g/mol. The van der Waals surface area contributed by atoms with E-state index in [4.69, 9.17) is 5.73 Å². The maximum atomic E-state index is 13.2. The van der Waals surface area contributed by atoms with Crippen LogP contribution in [-0.2, 0) is 4.79 Å². The summed E-state index contributed by atoms with van der Waals surface area (Å²) >= 11 is 0. The second kappa shape index (κ2) is 5.37. The van der Waals surface area contributed by atoms with Gasteiger partial charge < -0.3 is 11.1 Å². The van der Waals surface area contributed by atoms with Gasteiger partial charge in [-0.25, -0.2) is 8.78 Å². The highest BCUT2D eigenvalue weighted by atomic mass is 19.2. The van der Waals surface area contributed by atoms with Crippen LogP contribution in [-0.4, -0.2) is 11.9 Å². The van der Waals surface area contributed by atoms with Crippen LogP contribution in [0.3, 0.4) is 0 Å². The zero-order chi connectivity index (χ0) is 12.1. The molecule has 3 nitrogen and oxygen atoms in total. The molecule has 0 saturated heterocycles. The number of hydrogen-bond donors (Lipinski definition) is 2. The maximum absolute atomic E-state index is 13.2. The van der Waals surface area contributed by atoms with Gasteiger partial charge in [-0.2, -0.15) is 0 Å². The predicted molar refractivity (Wildman–Crippen MR) is 57.8 cm³/mol. The van der Waals surface area contributed by atoms with Gasteiger partial charge in [-0.1, -0.05) is 12.1 Å². The number of carbonyl (C=O) groups is 1. The van der Waals surface area contributed by atoms with Gasteiger partial charge in [-0.3, -0.25) is 4.79 Å². The molecule has 0 aliphatic carbocycles. The van der Waals surface area contributed by atoms with Gasteiger partial charge in [0.05, 0.1) is 11.7 Å². The first-order valence-corrected chi connectivity index (χ1v) is 4.67. The molecule has 0 bridgehead atoms. The van der Waals surface area contributed by atoms with Crippen LogP contribution in [0.1, 0.15) is 6.42 Å². The fourth-order valence-corrected chi connectivity index (χ4v) is 1.11. The van der Waals surface area contributed by atoms with Crippen molar-refractivity contribution in [2.75, 3.05) is 5.32 Å². The van der Waals surface area contributed by atoms with Gasteiger partial charge in [0, 0.05) is 0 Å². The molecule has 1 rings (SSSR count). The summed E-state index contributed by atoms with van der Waals surface area (Å²) in [5.74, 6) is -2.69.